The molecule has 3 aromatic carbocycles. The zero-order valence-electron chi connectivity index (χ0n) is 18.6. The van der Waals surface area contributed by atoms with Crippen molar-refractivity contribution in [1.82, 2.24) is 0 Å². The number of rotatable bonds is 7. The highest BCUT2D eigenvalue weighted by Gasteiger charge is 2.25. The second-order valence-electron chi connectivity index (χ2n) is 7.10. The number of carbonyl (C=O) groups is 1. The molecule has 1 N–H and O–H groups in total. The van der Waals surface area contributed by atoms with Gasteiger partial charge in [-0.05, 0) is 55.0 Å². The van der Waals surface area contributed by atoms with Gasteiger partial charge in [-0.25, -0.2) is 8.42 Å². The van der Waals surface area contributed by atoms with E-state index in [0.717, 1.165) is 4.31 Å². The van der Waals surface area contributed by atoms with Gasteiger partial charge in [0, 0.05) is 12.6 Å². The molecule has 0 saturated heterocycles. The van der Waals surface area contributed by atoms with Gasteiger partial charge in [0.15, 0.2) is 0 Å². The molecular weight excluding hydrogens is 442 g/mol. The van der Waals surface area contributed by atoms with E-state index in [-0.39, 0.29) is 10.5 Å². The van der Waals surface area contributed by atoms with Gasteiger partial charge in [-0.2, -0.15) is 5.26 Å². The molecule has 0 fully saturated rings. The number of sulfonamides is 1. The van der Waals surface area contributed by atoms with Crippen LogP contribution in [0.5, 0.6) is 11.5 Å². The number of hydrogen-bond acceptors (Lipinski definition) is 6. The number of nitrogens with one attached hydrogen (secondary N) is 1. The van der Waals surface area contributed by atoms with Crippen LogP contribution in [-0.4, -0.2) is 35.6 Å². The summed E-state index contributed by atoms with van der Waals surface area (Å²) in [5, 5.41) is 11.9. The predicted molar refractivity (Wildman–Crippen MR) is 125 cm³/mol. The number of carbonyl (C=O) groups excluding carboxylic acids is 1. The molecule has 0 unspecified atom stereocenters. The number of ether oxygens (including phenoxy) is 2. The Labute approximate surface area is 193 Å². The third-order valence-electron chi connectivity index (χ3n) is 5.11. The molecule has 8 nitrogen and oxygen atoms in total. The lowest BCUT2D eigenvalue weighted by atomic mass is 10.1. The highest BCUT2D eigenvalue weighted by molar-refractivity contribution is 7.92. The molecule has 170 valence electrons. The lowest BCUT2D eigenvalue weighted by Crippen LogP contribution is -2.27. The molecule has 1 amide bonds. The van der Waals surface area contributed by atoms with Crippen LogP contribution in [-0.2, 0) is 10.0 Å². The largest absolute Gasteiger partial charge is 0.495 e. The van der Waals surface area contributed by atoms with Crippen molar-refractivity contribution in [3.05, 3.63) is 77.4 Å². The smallest absolute Gasteiger partial charge is 0.264 e. The average Bonchev–Trinajstić information content (AvgIpc) is 2.83. The topological polar surface area (TPSA) is 109 Å². The average molecular weight is 466 g/mol. The molecule has 0 atom stereocenters. The number of aryl methyl sites for hydroxylation is 1. The summed E-state index contributed by atoms with van der Waals surface area (Å²) >= 11 is 0. The Balaban J connectivity index is 1.98. The van der Waals surface area contributed by atoms with Crippen molar-refractivity contribution in [3.63, 3.8) is 0 Å². The summed E-state index contributed by atoms with van der Waals surface area (Å²) in [6.45, 7) is 1.71. The zero-order chi connectivity index (χ0) is 24.2. The lowest BCUT2D eigenvalue weighted by molar-refractivity contribution is 0.102. The van der Waals surface area contributed by atoms with E-state index in [0.29, 0.717) is 34.0 Å². The minimum absolute atomic E-state index is 0.0515. The van der Waals surface area contributed by atoms with Crippen molar-refractivity contribution in [2.24, 2.45) is 0 Å². The van der Waals surface area contributed by atoms with Crippen LogP contribution < -0.4 is 19.1 Å². The Hall–Kier alpha value is -4.03. The minimum Gasteiger partial charge on any atom is -0.495 e. The van der Waals surface area contributed by atoms with Crippen LogP contribution in [0.4, 0.5) is 11.4 Å². The van der Waals surface area contributed by atoms with Crippen LogP contribution in [0.25, 0.3) is 0 Å². The number of anilines is 2. The SMILES string of the molecule is COc1ccc(C#N)cc1NC(=O)c1cc(S(=O)(=O)N(C)c2ccccc2OC)ccc1C. The van der Waals surface area contributed by atoms with Gasteiger partial charge >= 0.3 is 0 Å². The van der Waals surface area contributed by atoms with E-state index in [9.17, 15) is 13.2 Å². The number of benzene rings is 3. The fourth-order valence-corrected chi connectivity index (χ4v) is 4.48. The van der Waals surface area contributed by atoms with Crippen LogP contribution in [0.15, 0.2) is 65.6 Å². The van der Waals surface area contributed by atoms with Gasteiger partial charge in [0.2, 0.25) is 0 Å². The summed E-state index contributed by atoms with van der Waals surface area (Å²) in [6.07, 6.45) is 0. The Morgan fingerprint density at radius 2 is 1.70 bits per heavy atom. The molecule has 0 aliphatic carbocycles. The number of methoxy groups -OCH3 is 2. The third-order valence-corrected chi connectivity index (χ3v) is 6.88. The Kier molecular flexibility index (Phi) is 6.89. The maximum atomic E-state index is 13.3. The predicted octanol–water partition coefficient (Wildman–Crippen LogP) is 3.96. The van der Waals surface area contributed by atoms with Crippen molar-refractivity contribution < 1.29 is 22.7 Å². The van der Waals surface area contributed by atoms with Gasteiger partial charge in [-0.1, -0.05) is 18.2 Å². The summed E-state index contributed by atoms with van der Waals surface area (Å²) in [5.41, 5.74) is 1.78. The highest BCUT2D eigenvalue weighted by atomic mass is 32.2. The highest BCUT2D eigenvalue weighted by Crippen LogP contribution is 2.32. The molecule has 0 spiro atoms. The number of hydrogen-bond donors (Lipinski definition) is 1. The molecule has 0 saturated carbocycles. The lowest BCUT2D eigenvalue weighted by Gasteiger charge is -2.22. The minimum atomic E-state index is -3.99. The monoisotopic (exact) mass is 465 g/mol. The number of nitrogens with zero attached hydrogens (tertiary/aromatic N) is 2. The molecule has 33 heavy (non-hydrogen) atoms. The van der Waals surface area contributed by atoms with Crippen molar-refractivity contribution in [2.75, 3.05) is 30.9 Å². The Morgan fingerprint density at radius 1 is 1.00 bits per heavy atom. The first-order chi connectivity index (χ1) is 15.7. The summed E-state index contributed by atoms with van der Waals surface area (Å²) in [6, 6.07) is 17.7. The number of nitriles is 1. The molecule has 3 aromatic rings. The normalized spacial score (nSPS) is 10.8. The van der Waals surface area contributed by atoms with Gasteiger partial charge in [0.1, 0.15) is 11.5 Å². The van der Waals surface area contributed by atoms with Crippen LogP contribution in [0.1, 0.15) is 21.5 Å². The molecule has 0 aromatic heterocycles. The number of amides is 1. The molecule has 0 radical (unpaired) electrons. The summed E-state index contributed by atoms with van der Waals surface area (Å²) < 4.78 is 38.3. The van der Waals surface area contributed by atoms with E-state index in [1.807, 2.05) is 6.07 Å². The van der Waals surface area contributed by atoms with Crippen molar-refractivity contribution >= 4 is 27.3 Å². The summed E-state index contributed by atoms with van der Waals surface area (Å²) in [5.74, 6) is 0.246. The van der Waals surface area contributed by atoms with E-state index in [1.165, 1.54) is 39.5 Å². The first-order valence-electron chi connectivity index (χ1n) is 9.85. The van der Waals surface area contributed by atoms with E-state index >= 15 is 0 Å². The van der Waals surface area contributed by atoms with Crippen LogP contribution in [0.2, 0.25) is 0 Å². The summed E-state index contributed by atoms with van der Waals surface area (Å²) in [4.78, 5) is 13.0. The molecule has 9 heteroatoms. The molecule has 3 rings (SSSR count). The quantitative estimate of drug-likeness (QED) is 0.566. The van der Waals surface area contributed by atoms with Gasteiger partial charge < -0.3 is 14.8 Å². The van der Waals surface area contributed by atoms with Crippen LogP contribution >= 0.6 is 0 Å². The van der Waals surface area contributed by atoms with Gasteiger partial charge in [0.05, 0.1) is 42.1 Å². The third kappa shape index (κ3) is 4.76. The van der Waals surface area contributed by atoms with Crippen LogP contribution in [0.3, 0.4) is 0 Å². The van der Waals surface area contributed by atoms with E-state index in [2.05, 4.69) is 5.32 Å². The van der Waals surface area contributed by atoms with Gasteiger partial charge in [-0.3, -0.25) is 9.10 Å². The van der Waals surface area contributed by atoms with E-state index in [1.54, 1.807) is 49.4 Å². The zero-order valence-corrected chi connectivity index (χ0v) is 19.4. The fraction of sp³-hybridized carbons (Fsp3) is 0.167. The first-order valence-corrected chi connectivity index (χ1v) is 11.3. The van der Waals surface area contributed by atoms with Gasteiger partial charge in [-0.15, -0.1) is 0 Å². The maximum absolute atomic E-state index is 13.3. The maximum Gasteiger partial charge on any atom is 0.264 e. The van der Waals surface area contributed by atoms with E-state index < -0.39 is 15.9 Å². The molecular formula is C24H23N3O5S. The Bertz CT molecular complexity index is 1350. The second kappa shape index (κ2) is 9.63. The van der Waals surface area contributed by atoms with Gasteiger partial charge in [0.25, 0.3) is 15.9 Å². The van der Waals surface area contributed by atoms with Crippen molar-refractivity contribution in [3.8, 4) is 17.6 Å². The number of para-hydroxylation sites is 2. The van der Waals surface area contributed by atoms with Crippen LogP contribution in [0, 0.1) is 18.3 Å². The molecule has 0 heterocycles. The summed E-state index contributed by atoms with van der Waals surface area (Å²) in [7, 11) is 0.343. The fourth-order valence-electron chi connectivity index (χ4n) is 3.25. The first kappa shape index (κ1) is 23.6. The van der Waals surface area contributed by atoms with Crippen molar-refractivity contribution in [1.29, 1.82) is 5.26 Å². The molecule has 0 aliphatic rings. The standard InChI is InChI=1S/C24H23N3O5S/c1-16-9-11-18(33(29,30)27(2)21-7-5-6-8-23(21)32-4)14-19(16)24(28)26-20-13-17(15-25)10-12-22(20)31-3/h5-14H,1-4H3,(H,26,28). The second-order valence-corrected chi connectivity index (χ2v) is 9.07. The molecule has 0 bridgehead atoms. The van der Waals surface area contributed by atoms with E-state index in [4.69, 9.17) is 14.7 Å². The Morgan fingerprint density at radius 3 is 2.36 bits per heavy atom. The van der Waals surface area contributed by atoms with Crippen molar-refractivity contribution in [2.45, 2.75) is 11.8 Å². The molecule has 0 aliphatic heterocycles.